The number of nitrogens with zero attached hydrogens (tertiary/aromatic N) is 3. The fraction of sp³-hybridized carbons (Fsp3) is 0.333. The van der Waals surface area contributed by atoms with E-state index in [2.05, 4.69) is 20.6 Å². The van der Waals surface area contributed by atoms with Crippen LogP contribution in [-0.4, -0.2) is 63.7 Å². The molecule has 2 aromatic carbocycles. The zero-order valence-corrected chi connectivity index (χ0v) is 25.7. The highest BCUT2D eigenvalue weighted by Crippen LogP contribution is 2.51. The predicted molar refractivity (Wildman–Crippen MR) is 153 cm³/mol. The minimum Gasteiger partial charge on any atom is -0.495 e. The lowest BCUT2D eigenvalue weighted by Gasteiger charge is -2.18. The molecule has 256 valence electrons. The largest absolute Gasteiger partial charge is 0.495 e. The summed E-state index contributed by atoms with van der Waals surface area (Å²) in [6.45, 7) is 3.72. The van der Waals surface area contributed by atoms with E-state index in [-0.39, 0.29) is 48.9 Å². The Morgan fingerprint density at radius 1 is 1.04 bits per heavy atom. The second-order valence-electron chi connectivity index (χ2n) is 9.35. The average Bonchev–Trinajstić information content (AvgIpc) is 3.27. The number of rotatable bonds is 11. The minimum atomic E-state index is -5.08. The van der Waals surface area contributed by atoms with Gasteiger partial charge >= 0.3 is 25.9 Å². The summed E-state index contributed by atoms with van der Waals surface area (Å²) in [4.78, 5) is 29.1. The Labute approximate surface area is 263 Å². The first-order valence-corrected chi connectivity index (χ1v) is 15.1. The Kier molecular flexibility index (Phi) is 11.8. The maximum atomic E-state index is 13.8. The van der Waals surface area contributed by atoms with E-state index in [0.29, 0.717) is 28.1 Å². The summed E-state index contributed by atoms with van der Waals surface area (Å²) in [7, 11) is -1.99. The van der Waals surface area contributed by atoms with E-state index in [0.717, 1.165) is 0 Å². The number of methoxy groups -OCH3 is 1. The molecule has 0 bridgehead atoms. The van der Waals surface area contributed by atoms with Gasteiger partial charge in [0.15, 0.2) is 0 Å². The van der Waals surface area contributed by atoms with Crippen molar-refractivity contribution < 1.29 is 64.6 Å². The highest BCUT2D eigenvalue weighted by molar-refractivity contribution is 7.53. The topological polar surface area (TPSA) is 172 Å². The lowest BCUT2D eigenvalue weighted by atomic mass is 10.1. The third kappa shape index (κ3) is 9.54. The molecule has 13 nitrogen and oxygen atoms in total. The number of nitrogens with one attached hydrogen (secondary N) is 2. The number of hydrogen-bond acceptors (Lipinski definition) is 11. The first kappa shape index (κ1) is 37.0. The first-order chi connectivity index (χ1) is 21.9. The van der Waals surface area contributed by atoms with E-state index in [4.69, 9.17) is 23.7 Å². The number of carbonyl (C=O) groups excluding carboxylic acids is 1. The van der Waals surface area contributed by atoms with Crippen molar-refractivity contribution in [3.05, 3.63) is 64.8 Å². The van der Waals surface area contributed by atoms with Crippen LogP contribution in [0.3, 0.4) is 0 Å². The van der Waals surface area contributed by atoms with E-state index in [9.17, 15) is 40.9 Å². The molecule has 0 unspecified atom stereocenters. The zero-order chi connectivity index (χ0) is 35.2. The van der Waals surface area contributed by atoms with Crippen molar-refractivity contribution in [3.8, 4) is 5.75 Å². The van der Waals surface area contributed by atoms with E-state index in [1.165, 1.54) is 13.2 Å². The molecule has 20 heteroatoms. The zero-order valence-electron chi connectivity index (χ0n) is 24.8. The van der Waals surface area contributed by atoms with Gasteiger partial charge < -0.3 is 29.5 Å². The third-order valence-electron chi connectivity index (χ3n) is 6.05. The maximum Gasteiger partial charge on any atom is 0.490 e. The van der Waals surface area contributed by atoms with Crippen molar-refractivity contribution in [2.75, 3.05) is 31.0 Å². The Bertz CT molecular complexity index is 1650. The fourth-order valence-electron chi connectivity index (χ4n) is 4.13. The molecular weight excluding hydrogens is 667 g/mol. The van der Waals surface area contributed by atoms with Gasteiger partial charge in [-0.15, -0.1) is 0 Å². The molecule has 0 atom stereocenters. The maximum absolute atomic E-state index is 13.8. The Morgan fingerprint density at radius 3 is 2.23 bits per heavy atom. The molecule has 2 heterocycles. The standard InChI is InChI=1S/C25H27F3N5O6P.C2HF3O2/c1-4-38-40(36,39-5-2)14-15-9-10-18(20(11-15)37-3)31-24-29-12-17(25(26,27)28)22(32-24)30-19-8-6-7-16-13-33(35)23(34)21(16)19;3-2(4,5)1(6)7/h6-12,35H,4-5,13-14H2,1-3H3,(H2,29,30,31,32);(H,6,7). The highest BCUT2D eigenvalue weighted by atomic mass is 31.2. The van der Waals surface area contributed by atoms with Crippen LogP contribution in [0.1, 0.15) is 40.9 Å². The van der Waals surface area contributed by atoms with Crippen LogP contribution in [0.2, 0.25) is 0 Å². The minimum absolute atomic E-state index is 0.0123. The Morgan fingerprint density at radius 2 is 1.68 bits per heavy atom. The second-order valence-corrected chi connectivity index (χ2v) is 11.4. The van der Waals surface area contributed by atoms with Crippen molar-refractivity contribution in [2.45, 2.75) is 38.9 Å². The van der Waals surface area contributed by atoms with E-state index >= 15 is 0 Å². The van der Waals surface area contributed by atoms with Crippen molar-refractivity contribution in [1.29, 1.82) is 0 Å². The number of aromatic nitrogens is 2. The number of halogens is 6. The number of alkyl halides is 6. The molecule has 0 fully saturated rings. The van der Waals surface area contributed by atoms with Crippen LogP contribution in [0.5, 0.6) is 5.75 Å². The lowest BCUT2D eigenvalue weighted by Crippen LogP contribution is -2.21. The number of carboxylic acids is 1. The quantitative estimate of drug-likeness (QED) is 0.0948. The molecule has 47 heavy (non-hydrogen) atoms. The summed E-state index contributed by atoms with van der Waals surface area (Å²) < 4.78 is 102. The van der Waals surface area contributed by atoms with Gasteiger partial charge in [0.05, 0.1) is 50.0 Å². The van der Waals surface area contributed by atoms with E-state index in [1.807, 2.05) is 0 Å². The van der Waals surface area contributed by atoms with Crippen LogP contribution in [0.4, 0.5) is 49.5 Å². The number of amides is 1. The summed E-state index contributed by atoms with van der Waals surface area (Å²) in [6.07, 6.45) is -9.29. The Balaban J connectivity index is 0.000000771. The number of ether oxygens (including phenoxy) is 1. The van der Waals surface area contributed by atoms with Crippen LogP contribution in [0.15, 0.2) is 42.6 Å². The number of anilines is 4. The smallest absolute Gasteiger partial charge is 0.490 e. The SMILES string of the molecule is CCOP(=O)(Cc1ccc(Nc2ncc(C(F)(F)F)c(Nc3cccc4c3C(=O)N(O)C4)n2)c(OC)c1)OCC.O=C(O)C(F)(F)F. The van der Waals surface area contributed by atoms with Gasteiger partial charge in [-0.2, -0.15) is 31.3 Å². The number of carbonyl (C=O) groups is 2. The monoisotopic (exact) mass is 695 g/mol. The summed E-state index contributed by atoms with van der Waals surface area (Å²) in [6, 6.07) is 9.35. The van der Waals surface area contributed by atoms with Crippen LogP contribution < -0.4 is 15.4 Å². The van der Waals surface area contributed by atoms with Gasteiger partial charge in [0, 0.05) is 6.20 Å². The predicted octanol–water partition coefficient (Wildman–Crippen LogP) is 6.74. The number of benzene rings is 2. The van der Waals surface area contributed by atoms with E-state index in [1.54, 1.807) is 44.2 Å². The lowest BCUT2D eigenvalue weighted by molar-refractivity contribution is -0.192. The molecule has 3 aromatic rings. The Hall–Kier alpha value is -4.45. The molecule has 0 saturated heterocycles. The molecule has 0 saturated carbocycles. The van der Waals surface area contributed by atoms with Crippen LogP contribution in [-0.2, 0) is 37.3 Å². The molecule has 1 aliphatic rings. The van der Waals surface area contributed by atoms with Crippen molar-refractivity contribution in [2.24, 2.45) is 0 Å². The number of hydroxylamine groups is 2. The van der Waals surface area contributed by atoms with Gasteiger partial charge in [-0.25, -0.2) is 14.8 Å². The van der Waals surface area contributed by atoms with Crippen LogP contribution in [0, 0.1) is 0 Å². The first-order valence-electron chi connectivity index (χ1n) is 13.4. The molecule has 0 spiro atoms. The van der Waals surface area contributed by atoms with E-state index < -0.39 is 43.2 Å². The molecule has 1 aliphatic heterocycles. The highest BCUT2D eigenvalue weighted by Gasteiger charge is 2.38. The average molecular weight is 696 g/mol. The molecule has 4 N–H and O–H groups in total. The molecule has 1 aromatic heterocycles. The number of carboxylic acid groups (broad SMARTS) is 1. The van der Waals surface area contributed by atoms with Gasteiger partial charge in [-0.3, -0.25) is 14.6 Å². The van der Waals surface area contributed by atoms with Gasteiger partial charge in [0.25, 0.3) is 5.91 Å². The van der Waals surface area contributed by atoms with Crippen LogP contribution in [0.25, 0.3) is 0 Å². The normalized spacial score (nSPS) is 13.1. The number of aliphatic carboxylic acids is 1. The summed E-state index contributed by atoms with van der Waals surface area (Å²) >= 11 is 0. The molecule has 1 amide bonds. The number of fused-ring (bicyclic) bond motifs is 1. The van der Waals surface area contributed by atoms with Gasteiger partial charge in [0.1, 0.15) is 17.1 Å². The van der Waals surface area contributed by atoms with Crippen molar-refractivity contribution in [3.63, 3.8) is 0 Å². The van der Waals surface area contributed by atoms with Crippen molar-refractivity contribution >= 4 is 42.6 Å². The summed E-state index contributed by atoms with van der Waals surface area (Å²) in [5.41, 5.74) is 0.285. The van der Waals surface area contributed by atoms with Gasteiger partial charge in [-0.05, 0) is 43.2 Å². The fourth-order valence-corrected chi connectivity index (χ4v) is 5.81. The van der Waals surface area contributed by atoms with Crippen LogP contribution >= 0.6 is 7.60 Å². The van der Waals surface area contributed by atoms with Gasteiger partial charge in [-0.1, -0.05) is 18.2 Å². The molecule has 0 aliphatic carbocycles. The second kappa shape index (κ2) is 15.0. The molecule has 4 rings (SSSR count). The summed E-state index contributed by atoms with van der Waals surface area (Å²) in [5.74, 6) is -4.02. The molecular formula is C27H28F6N5O8P. The third-order valence-corrected chi connectivity index (χ3v) is 8.10. The molecule has 0 radical (unpaired) electrons. The van der Waals surface area contributed by atoms with Crippen molar-refractivity contribution in [1.82, 2.24) is 15.0 Å². The summed E-state index contributed by atoms with van der Waals surface area (Å²) in [5, 5.41) is 22.8. The number of hydrogen-bond donors (Lipinski definition) is 4. The van der Waals surface area contributed by atoms with Gasteiger partial charge in [0.2, 0.25) is 5.95 Å².